The van der Waals surface area contributed by atoms with E-state index in [1.54, 1.807) is 0 Å². The largest absolute Gasteiger partial charge is 0.370 e. The number of aromatic nitrogens is 1. The first-order chi connectivity index (χ1) is 8.67. The molecule has 0 saturated carbocycles. The summed E-state index contributed by atoms with van der Waals surface area (Å²) in [4.78, 5) is 4.46. The number of benzene rings is 1. The monoisotopic (exact) mass is 246 g/mol. The van der Waals surface area contributed by atoms with Gasteiger partial charge in [-0.1, -0.05) is 19.4 Å². The van der Waals surface area contributed by atoms with E-state index in [-0.39, 0.29) is 5.82 Å². The van der Waals surface area contributed by atoms with Crippen LogP contribution in [-0.4, -0.2) is 11.5 Å². The molecule has 0 atom stereocenters. The second-order valence-corrected chi connectivity index (χ2v) is 4.54. The first-order valence-corrected chi connectivity index (χ1v) is 6.50. The lowest BCUT2D eigenvalue weighted by molar-refractivity contribution is 0.636. The van der Waals surface area contributed by atoms with Crippen molar-refractivity contribution in [2.24, 2.45) is 0 Å². The molecular formula is C15H19FN2. The number of nitrogens with zero attached hydrogens (tertiary/aromatic N) is 1. The zero-order valence-corrected chi connectivity index (χ0v) is 11.2. The Morgan fingerprint density at radius 2 is 2.06 bits per heavy atom. The number of hydrogen-bond acceptors (Lipinski definition) is 2. The van der Waals surface area contributed by atoms with Gasteiger partial charge in [0.2, 0.25) is 0 Å². The predicted molar refractivity (Wildman–Crippen MR) is 74.6 cm³/mol. The van der Waals surface area contributed by atoms with E-state index in [0.29, 0.717) is 5.52 Å². The molecule has 0 unspecified atom stereocenters. The van der Waals surface area contributed by atoms with Crippen LogP contribution in [0.4, 0.5) is 10.2 Å². The van der Waals surface area contributed by atoms with Gasteiger partial charge in [-0.2, -0.15) is 0 Å². The summed E-state index contributed by atoms with van der Waals surface area (Å²) in [5.41, 5.74) is 2.70. The minimum absolute atomic E-state index is 0.252. The molecule has 0 saturated heterocycles. The van der Waals surface area contributed by atoms with E-state index in [9.17, 15) is 4.39 Å². The minimum Gasteiger partial charge on any atom is -0.370 e. The molecule has 0 aliphatic carbocycles. The number of anilines is 1. The van der Waals surface area contributed by atoms with Gasteiger partial charge in [0, 0.05) is 11.9 Å². The Labute approximate surface area is 107 Å². The summed E-state index contributed by atoms with van der Waals surface area (Å²) >= 11 is 0. The summed E-state index contributed by atoms with van der Waals surface area (Å²) < 4.78 is 13.8. The van der Waals surface area contributed by atoms with Crippen molar-refractivity contribution in [1.29, 1.82) is 0 Å². The van der Waals surface area contributed by atoms with E-state index >= 15 is 0 Å². The Hall–Kier alpha value is -1.64. The molecule has 2 rings (SSSR count). The normalized spacial score (nSPS) is 10.9. The second-order valence-electron chi connectivity index (χ2n) is 4.54. The maximum atomic E-state index is 13.8. The molecule has 0 fully saturated rings. The molecule has 96 valence electrons. The van der Waals surface area contributed by atoms with Crippen LogP contribution in [0.15, 0.2) is 18.2 Å². The van der Waals surface area contributed by atoms with E-state index in [0.717, 1.165) is 36.2 Å². The van der Waals surface area contributed by atoms with Crippen molar-refractivity contribution in [3.63, 3.8) is 0 Å². The van der Waals surface area contributed by atoms with Crippen molar-refractivity contribution >= 4 is 16.7 Å². The van der Waals surface area contributed by atoms with Gasteiger partial charge in [-0.25, -0.2) is 9.37 Å². The van der Waals surface area contributed by atoms with Crippen molar-refractivity contribution < 1.29 is 4.39 Å². The van der Waals surface area contributed by atoms with Gasteiger partial charge in [-0.05, 0) is 43.5 Å². The fourth-order valence-corrected chi connectivity index (χ4v) is 2.18. The predicted octanol–water partition coefficient (Wildman–Crippen LogP) is 4.07. The third-order valence-corrected chi connectivity index (χ3v) is 3.10. The van der Waals surface area contributed by atoms with Crippen LogP contribution in [-0.2, 0) is 6.42 Å². The van der Waals surface area contributed by atoms with Crippen LogP contribution in [0.5, 0.6) is 0 Å². The SMILES string of the molecule is CCCc1cc2c(C)ccc(F)c2nc1NCC. The van der Waals surface area contributed by atoms with Crippen LogP contribution in [0.3, 0.4) is 0 Å². The quantitative estimate of drug-likeness (QED) is 0.879. The highest BCUT2D eigenvalue weighted by Gasteiger charge is 2.10. The number of aryl methyl sites for hydroxylation is 2. The Morgan fingerprint density at radius 3 is 2.72 bits per heavy atom. The summed E-state index contributed by atoms with van der Waals surface area (Å²) in [6.07, 6.45) is 2.02. The smallest absolute Gasteiger partial charge is 0.149 e. The van der Waals surface area contributed by atoms with Gasteiger partial charge in [0.25, 0.3) is 0 Å². The van der Waals surface area contributed by atoms with Gasteiger partial charge in [0.1, 0.15) is 17.2 Å². The maximum Gasteiger partial charge on any atom is 0.149 e. The zero-order chi connectivity index (χ0) is 13.1. The van der Waals surface area contributed by atoms with Crippen LogP contribution in [0.2, 0.25) is 0 Å². The molecule has 1 N–H and O–H groups in total. The summed E-state index contributed by atoms with van der Waals surface area (Å²) in [7, 11) is 0. The van der Waals surface area contributed by atoms with Gasteiger partial charge in [0.15, 0.2) is 0 Å². The minimum atomic E-state index is -0.252. The molecule has 0 amide bonds. The zero-order valence-electron chi connectivity index (χ0n) is 11.2. The molecule has 3 heteroatoms. The standard InChI is InChI=1S/C15H19FN2/c1-4-6-11-9-12-10(3)7-8-13(16)14(12)18-15(11)17-5-2/h7-9H,4-6H2,1-3H3,(H,17,18). The highest BCUT2D eigenvalue weighted by atomic mass is 19.1. The van der Waals surface area contributed by atoms with Gasteiger partial charge < -0.3 is 5.32 Å². The Balaban J connectivity index is 2.67. The fraction of sp³-hybridized carbons (Fsp3) is 0.400. The highest BCUT2D eigenvalue weighted by Crippen LogP contribution is 2.26. The molecule has 0 radical (unpaired) electrons. The molecule has 1 heterocycles. The maximum absolute atomic E-state index is 13.8. The number of pyridine rings is 1. The molecule has 18 heavy (non-hydrogen) atoms. The second kappa shape index (κ2) is 5.34. The van der Waals surface area contributed by atoms with Crippen LogP contribution < -0.4 is 5.32 Å². The summed E-state index contributed by atoms with van der Waals surface area (Å²) in [6.45, 7) is 6.95. The molecule has 1 aromatic heterocycles. The van der Waals surface area contributed by atoms with E-state index in [1.165, 1.54) is 11.6 Å². The van der Waals surface area contributed by atoms with Crippen molar-refractivity contribution in [2.75, 3.05) is 11.9 Å². The lowest BCUT2D eigenvalue weighted by Gasteiger charge is -2.12. The van der Waals surface area contributed by atoms with E-state index in [2.05, 4.69) is 23.3 Å². The molecule has 0 spiro atoms. The van der Waals surface area contributed by atoms with Crippen molar-refractivity contribution in [3.05, 3.63) is 35.1 Å². The van der Waals surface area contributed by atoms with Crippen LogP contribution in [0, 0.1) is 12.7 Å². The number of fused-ring (bicyclic) bond motifs is 1. The number of hydrogen-bond donors (Lipinski definition) is 1. The molecule has 1 aromatic carbocycles. The number of halogens is 1. The molecule has 0 aliphatic rings. The van der Waals surface area contributed by atoms with Gasteiger partial charge in [0.05, 0.1) is 0 Å². The van der Waals surface area contributed by atoms with Crippen LogP contribution >= 0.6 is 0 Å². The average Bonchev–Trinajstić information content (AvgIpc) is 2.36. The summed E-state index contributed by atoms with van der Waals surface area (Å²) in [5, 5.41) is 4.14. The number of rotatable bonds is 4. The molecule has 0 aliphatic heterocycles. The molecular weight excluding hydrogens is 227 g/mol. The van der Waals surface area contributed by atoms with Crippen molar-refractivity contribution in [3.8, 4) is 0 Å². The highest BCUT2D eigenvalue weighted by molar-refractivity contribution is 5.85. The van der Waals surface area contributed by atoms with Gasteiger partial charge in [-0.15, -0.1) is 0 Å². The van der Waals surface area contributed by atoms with Crippen LogP contribution in [0.25, 0.3) is 10.9 Å². The van der Waals surface area contributed by atoms with E-state index in [1.807, 2.05) is 19.9 Å². The van der Waals surface area contributed by atoms with Crippen molar-refractivity contribution in [1.82, 2.24) is 4.98 Å². The first-order valence-electron chi connectivity index (χ1n) is 6.50. The number of nitrogens with one attached hydrogen (secondary N) is 1. The van der Waals surface area contributed by atoms with E-state index in [4.69, 9.17) is 0 Å². The van der Waals surface area contributed by atoms with Gasteiger partial charge >= 0.3 is 0 Å². The molecule has 2 nitrogen and oxygen atoms in total. The lowest BCUT2D eigenvalue weighted by atomic mass is 10.0. The lowest BCUT2D eigenvalue weighted by Crippen LogP contribution is -2.05. The van der Waals surface area contributed by atoms with Gasteiger partial charge in [-0.3, -0.25) is 0 Å². The summed E-state index contributed by atoms with van der Waals surface area (Å²) in [5.74, 6) is 0.564. The van der Waals surface area contributed by atoms with Crippen LogP contribution in [0.1, 0.15) is 31.4 Å². The molecule has 0 bridgehead atoms. The topological polar surface area (TPSA) is 24.9 Å². The average molecular weight is 246 g/mol. The fourth-order valence-electron chi connectivity index (χ4n) is 2.18. The Kier molecular flexibility index (Phi) is 3.80. The Morgan fingerprint density at radius 1 is 1.28 bits per heavy atom. The third kappa shape index (κ3) is 2.30. The third-order valence-electron chi connectivity index (χ3n) is 3.10. The van der Waals surface area contributed by atoms with E-state index < -0.39 is 0 Å². The Bertz CT molecular complexity index is 513. The van der Waals surface area contributed by atoms with Crippen molar-refractivity contribution in [2.45, 2.75) is 33.6 Å². The molecule has 2 aromatic rings. The first kappa shape index (κ1) is 12.8. The summed E-state index contributed by atoms with van der Waals surface area (Å²) in [6, 6.07) is 5.37.